The number of phosphoric acid groups is 1. The van der Waals surface area contributed by atoms with E-state index in [0.717, 1.165) is 9.75 Å². The normalized spacial score (nSPS) is 13.3. The van der Waals surface area contributed by atoms with Gasteiger partial charge in [0.2, 0.25) is 0 Å². The third-order valence-electron chi connectivity index (χ3n) is 3.95. The molecule has 1 aromatic carbocycles. The zero-order valence-corrected chi connectivity index (χ0v) is 18.0. The highest BCUT2D eigenvalue weighted by molar-refractivity contribution is 7.46. The van der Waals surface area contributed by atoms with Crippen LogP contribution in [0, 0.1) is 11.8 Å². The zero-order valence-electron chi connectivity index (χ0n) is 16.3. The summed E-state index contributed by atoms with van der Waals surface area (Å²) in [6.45, 7) is 3.21. The van der Waals surface area contributed by atoms with Crippen LogP contribution in [0.1, 0.15) is 40.4 Å². The number of carbonyl (C=O) groups excluding carboxylic acids is 1. The maximum atomic E-state index is 11.2. The second-order valence-electron chi connectivity index (χ2n) is 6.86. The van der Waals surface area contributed by atoms with E-state index in [2.05, 4.69) is 16.4 Å². The Balaban J connectivity index is 1.80. The fraction of sp³-hybridized carbons (Fsp3) is 0.350. The van der Waals surface area contributed by atoms with Crippen LogP contribution in [0.4, 0.5) is 0 Å². The molecule has 0 amide bonds. The van der Waals surface area contributed by atoms with Gasteiger partial charge in [-0.15, -0.1) is 11.3 Å². The van der Waals surface area contributed by atoms with Gasteiger partial charge in [0, 0.05) is 16.0 Å². The molecule has 4 N–H and O–H groups in total. The van der Waals surface area contributed by atoms with Crippen LogP contribution < -0.4 is 10.5 Å². The Bertz CT molecular complexity index is 936. The topological polar surface area (TPSA) is 119 Å². The fourth-order valence-corrected chi connectivity index (χ4v) is 3.67. The molecule has 7 nitrogen and oxygen atoms in total. The number of hydrogen-bond acceptors (Lipinski definition) is 6. The summed E-state index contributed by atoms with van der Waals surface area (Å²) in [7, 11) is -4.52. The van der Waals surface area contributed by atoms with Crippen molar-refractivity contribution < 1.29 is 28.4 Å². The molecular formula is C20H24NO6PS. The summed E-state index contributed by atoms with van der Waals surface area (Å²) in [6, 6.07) is 10.8. The van der Waals surface area contributed by atoms with E-state index >= 15 is 0 Å². The lowest BCUT2D eigenvalue weighted by molar-refractivity contribution is 0.101. The summed E-state index contributed by atoms with van der Waals surface area (Å²) >= 11 is 1.53. The van der Waals surface area contributed by atoms with E-state index in [0.29, 0.717) is 24.2 Å². The molecule has 156 valence electrons. The van der Waals surface area contributed by atoms with Crippen molar-refractivity contribution in [2.24, 2.45) is 5.73 Å². The average molecular weight is 437 g/mol. The van der Waals surface area contributed by atoms with Gasteiger partial charge in [-0.2, -0.15) is 0 Å². The van der Waals surface area contributed by atoms with E-state index in [-0.39, 0.29) is 19.0 Å². The molecule has 1 unspecified atom stereocenters. The Labute approximate surface area is 174 Å². The molecule has 0 aliphatic carbocycles. The monoisotopic (exact) mass is 437 g/mol. The average Bonchev–Trinajstić information content (AvgIpc) is 3.10. The van der Waals surface area contributed by atoms with Gasteiger partial charge < -0.3 is 20.3 Å². The molecule has 2 aromatic rings. The highest BCUT2D eigenvalue weighted by Crippen LogP contribution is 2.37. The maximum absolute atomic E-state index is 11.2. The molecule has 0 spiro atoms. The van der Waals surface area contributed by atoms with E-state index in [9.17, 15) is 9.36 Å². The summed E-state index contributed by atoms with van der Waals surface area (Å²) in [5, 5.41) is 0. The summed E-state index contributed by atoms with van der Waals surface area (Å²) in [5.41, 5.74) is 5.82. The number of Topliss-reactive ketones (excluding diaryl/α,β-unsaturated/α-hetero) is 1. The molecule has 0 saturated carbocycles. The van der Waals surface area contributed by atoms with Crippen LogP contribution in [0.2, 0.25) is 0 Å². The van der Waals surface area contributed by atoms with Crippen molar-refractivity contribution >= 4 is 24.9 Å². The predicted molar refractivity (Wildman–Crippen MR) is 112 cm³/mol. The standard InChI is InChI=1S/C20H24NO6PS/c1-15(22)16-5-7-17(8-6-16)26-13-3-4-18-9-10-19(29-18)11-12-20(2,21)14-27-28(23,24)25/h5-10H,11-14,21H2,1-2H3,(H2,23,24,25). The minimum absolute atomic E-state index is 0.00843. The Morgan fingerprint density at radius 2 is 1.93 bits per heavy atom. The maximum Gasteiger partial charge on any atom is 0.469 e. The SMILES string of the molecule is CC(=O)c1ccc(OCC#Cc2ccc(CCC(C)(N)COP(=O)(O)O)s2)cc1. The molecule has 1 aromatic heterocycles. The number of aryl methyl sites for hydroxylation is 1. The number of hydrogen-bond donors (Lipinski definition) is 3. The predicted octanol–water partition coefficient (Wildman–Crippen LogP) is 3.14. The van der Waals surface area contributed by atoms with Crippen molar-refractivity contribution in [2.75, 3.05) is 13.2 Å². The van der Waals surface area contributed by atoms with Crippen molar-refractivity contribution in [2.45, 2.75) is 32.2 Å². The lowest BCUT2D eigenvalue weighted by Crippen LogP contribution is -2.41. The second kappa shape index (κ2) is 10.2. The summed E-state index contributed by atoms with van der Waals surface area (Å²) < 4.78 is 20.8. The van der Waals surface area contributed by atoms with E-state index in [4.69, 9.17) is 20.3 Å². The van der Waals surface area contributed by atoms with Crippen molar-refractivity contribution in [1.29, 1.82) is 0 Å². The van der Waals surface area contributed by atoms with Gasteiger partial charge >= 0.3 is 7.82 Å². The lowest BCUT2D eigenvalue weighted by Gasteiger charge is -2.24. The molecule has 0 bridgehead atoms. The molecule has 29 heavy (non-hydrogen) atoms. The summed E-state index contributed by atoms with van der Waals surface area (Å²) in [6.07, 6.45) is 1.17. The number of nitrogens with two attached hydrogens (primary N) is 1. The molecule has 2 rings (SSSR count). The Morgan fingerprint density at radius 1 is 1.24 bits per heavy atom. The highest BCUT2D eigenvalue weighted by atomic mass is 32.1. The third kappa shape index (κ3) is 8.92. The largest absolute Gasteiger partial charge is 0.481 e. The Morgan fingerprint density at radius 3 is 2.55 bits per heavy atom. The molecule has 1 heterocycles. The minimum Gasteiger partial charge on any atom is -0.481 e. The van der Waals surface area contributed by atoms with Crippen LogP contribution in [-0.4, -0.2) is 34.3 Å². The number of phosphoric ester groups is 1. The number of thiophene rings is 1. The first-order valence-corrected chi connectivity index (χ1v) is 11.2. The molecular weight excluding hydrogens is 413 g/mol. The van der Waals surface area contributed by atoms with Gasteiger partial charge in [-0.1, -0.05) is 11.8 Å². The van der Waals surface area contributed by atoms with Crippen LogP contribution in [0.25, 0.3) is 0 Å². The smallest absolute Gasteiger partial charge is 0.469 e. The number of rotatable bonds is 9. The van der Waals surface area contributed by atoms with Gasteiger partial charge in [-0.05, 0) is 63.1 Å². The van der Waals surface area contributed by atoms with Gasteiger partial charge in [-0.3, -0.25) is 9.32 Å². The number of ether oxygens (including phenoxy) is 1. The first-order chi connectivity index (χ1) is 13.5. The molecule has 0 aliphatic rings. The fourth-order valence-electron chi connectivity index (χ4n) is 2.32. The molecule has 9 heteroatoms. The molecule has 0 aliphatic heterocycles. The zero-order chi connectivity index (χ0) is 21.5. The first-order valence-electron chi connectivity index (χ1n) is 8.84. The molecule has 1 atom stereocenters. The van der Waals surface area contributed by atoms with E-state index < -0.39 is 13.4 Å². The third-order valence-corrected chi connectivity index (χ3v) is 5.48. The van der Waals surface area contributed by atoms with Crippen molar-refractivity contribution in [3.05, 3.63) is 51.7 Å². The van der Waals surface area contributed by atoms with Crippen molar-refractivity contribution in [1.82, 2.24) is 0 Å². The van der Waals surface area contributed by atoms with Crippen LogP contribution in [0.5, 0.6) is 5.75 Å². The Kier molecular flexibility index (Phi) is 8.17. The summed E-state index contributed by atoms with van der Waals surface area (Å²) in [5.74, 6) is 6.65. The highest BCUT2D eigenvalue weighted by Gasteiger charge is 2.24. The van der Waals surface area contributed by atoms with E-state index in [1.807, 2.05) is 12.1 Å². The van der Waals surface area contributed by atoms with Gasteiger partial charge in [-0.25, -0.2) is 4.57 Å². The number of benzene rings is 1. The van der Waals surface area contributed by atoms with Crippen LogP contribution in [0.3, 0.4) is 0 Å². The molecule has 0 radical (unpaired) electrons. The van der Waals surface area contributed by atoms with Gasteiger partial charge in [0.15, 0.2) is 5.78 Å². The van der Waals surface area contributed by atoms with Crippen LogP contribution in [-0.2, 0) is 15.5 Å². The summed E-state index contributed by atoms with van der Waals surface area (Å²) in [4.78, 5) is 30.8. The van der Waals surface area contributed by atoms with Gasteiger partial charge in [0.05, 0.1) is 11.5 Å². The van der Waals surface area contributed by atoms with Crippen molar-refractivity contribution in [3.8, 4) is 17.6 Å². The van der Waals surface area contributed by atoms with Crippen LogP contribution in [0.15, 0.2) is 36.4 Å². The van der Waals surface area contributed by atoms with Crippen molar-refractivity contribution in [3.63, 3.8) is 0 Å². The molecule has 0 saturated heterocycles. The number of carbonyl (C=O) groups is 1. The van der Waals surface area contributed by atoms with Gasteiger partial charge in [0.25, 0.3) is 0 Å². The minimum atomic E-state index is -4.52. The van der Waals surface area contributed by atoms with E-state index in [1.54, 1.807) is 31.2 Å². The Hall–Kier alpha value is -1.98. The second-order valence-corrected chi connectivity index (χ2v) is 9.26. The molecule has 0 fully saturated rings. The first kappa shape index (κ1) is 23.3. The number of ketones is 1. The van der Waals surface area contributed by atoms with E-state index in [1.165, 1.54) is 18.3 Å². The van der Waals surface area contributed by atoms with Gasteiger partial charge in [0.1, 0.15) is 12.4 Å². The quantitative estimate of drug-likeness (QED) is 0.313. The lowest BCUT2D eigenvalue weighted by atomic mass is 9.98. The van der Waals surface area contributed by atoms with Crippen LogP contribution >= 0.6 is 19.2 Å².